The van der Waals surface area contributed by atoms with Crippen LogP contribution in [-0.2, 0) is 10.3 Å². The predicted molar refractivity (Wildman–Crippen MR) is 51.7 cm³/mol. The van der Waals surface area contributed by atoms with Gasteiger partial charge in [0, 0.05) is 0 Å². The molecule has 13 heavy (non-hydrogen) atoms. The fourth-order valence-corrected chi connectivity index (χ4v) is 1.81. The van der Waals surface area contributed by atoms with Gasteiger partial charge in [0.1, 0.15) is 5.60 Å². The molecule has 0 radical (unpaired) electrons. The number of hydrogen-bond donors (Lipinski definition) is 0. The van der Waals surface area contributed by atoms with Crippen molar-refractivity contribution in [3.63, 3.8) is 0 Å². The van der Waals surface area contributed by atoms with Crippen LogP contribution in [0.5, 0.6) is 0 Å². The molecule has 0 N–H and O–H groups in total. The quantitative estimate of drug-likeness (QED) is 0.628. The highest BCUT2D eigenvalue weighted by Crippen LogP contribution is 2.43. The van der Waals surface area contributed by atoms with Crippen LogP contribution in [0.15, 0.2) is 24.3 Å². The number of rotatable bonds is 2. The minimum atomic E-state index is 0.0465. The SMILES string of the molecule is CC1(c2cccc(C3CC3)c2)CO1. The van der Waals surface area contributed by atoms with Crippen molar-refractivity contribution in [2.24, 2.45) is 0 Å². The summed E-state index contributed by atoms with van der Waals surface area (Å²) >= 11 is 0. The van der Waals surface area contributed by atoms with Gasteiger partial charge in [-0.2, -0.15) is 0 Å². The third-order valence-corrected chi connectivity index (χ3v) is 3.12. The molecule has 68 valence electrons. The van der Waals surface area contributed by atoms with Gasteiger partial charge in [0.15, 0.2) is 0 Å². The van der Waals surface area contributed by atoms with E-state index >= 15 is 0 Å². The summed E-state index contributed by atoms with van der Waals surface area (Å²) in [5, 5.41) is 0. The van der Waals surface area contributed by atoms with Gasteiger partial charge in [0.25, 0.3) is 0 Å². The smallest absolute Gasteiger partial charge is 0.114 e. The van der Waals surface area contributed by atoms with Crippen LogP contribution in [0.4, 0.5) is 0 Å². The summed E-state index contributed by atoms with van der Waals surface area (Å²) in [5.74, 6) is 0.849. The van der Waals surface area contributed by atoms with Gasteiger partial charge >= 0.3 is 0 Å². The fourth-order valence-electron chi connectivity index (χ4n) is 1.81. The summed E-state index contributed by atoms with van der Waals surface area (Å²) in [5.41, 5.74) is 2.91. The summed E-state index contributed by atoms with van der Waals surface area (Å²) in [6.07, 6.45) is 2.75. The number of epoxide rings is 1. The molecule has 1 saturated heterocycles. The first-order valence-electron chi connectivity index (χ1n) is 5.02. The van der Waals surface area contributed by atoms with E-state index < -0.39 is 0 Å². The molecule has 2 fully saturated rings. The zero-order valence-electron chi connectivity index (χ0n) is 7.92. The van der Waals surface area contributed by atoms with E-state index in [1.165, 1.54) is 24.0 Å². The van der Waals surface area contributed by atoms with E-state index in [1.54, 1.807) is 0 Å². The third-order valence-electron chi connectivity index (χ3n) is 3.12. The second-order valence-corrected chi connectivity index (χ2v) is 4.42. The second-order valence-electron chi connectivity index (χ2n) is 4.42. The Hall–Kier alpha value is -0.820. The van der Waals surface area contributed by atoms with Crippen molar-refractivity contribution < 1.29 is 4.74 Å². The lowest BCUT2D eigenvalue weighted by Gasteiger charge is -2.07. The van der Waals surface area contributed by atoms with E-state index in [2.05, 4.69) is 31.2 Å². The van der Waals surface area contributed by atoms with Gasteiger partial charge in [-0.25, -0.2) is 0 Å². The first-order valence-corrected chi connectivity index (χ1v) is 5.02. The average molecular weight is 174 g/mol. The molecule has 1 heterocycles. The normalized spacial score (nSPS) is 31.8. The van der Waals surface area contributed by atoms with Crippen molar-refractivity contribution in [1.29, 1.82) is 0 Å². The Balaban J connectivity index is 1.96. The van der Waals surface area contributed by atoms with Crippen LogP contribution in [0.3, 0.4) is 0 Å². The molecular formula is C12H14O. The first-order chi connectivity index (χ1) is 6.28. The van der Waals surface area contributed by atoms with Crippen molar-refractivity contribution in [2.75, 3.05) is 6.61 Å². The zero-order chi connectivity index (χ0) is 8.89. The molecule has 0 spiro atoms. The maximum absolute atomic E-state index is 5.44. The minimum Gasteiger partial charge on any atom is -0.365 e. The molecule has 1 nitrogen and oxygen atoms in total. The third kappa shape index (κ3) is 1.28. The van der Waals surface area contributed by atoms with E-state index in [1.807, 2.05) is 0 Å². The molecule has 3 rings (SSSR count). The van der Waals surface area contributed by atoms with Gasteiger partial charge in [-0.3, -0.25) is 0 Å². The molecule has 1 aromatic rings. The van der Waals surface area contributed by atoms with Crippen molar-refractivity contribution >= 4 is 0 Å². The van der Waals surface area contributed by atoms with Gasteiger partial charge < -0.3 is 4.74 Å². The molecule has 2 aliphatic rings. The Labute approximate surface area is 78.7 Å². The Morgan fingerprint density at radius 3 is 2.77 bits per heavy atom. The van der Waals surface area contributed by atoms with Crippen LogP contribution in [0.25, 0.3) is 0 Å². The van der Waals surface area contributed by atoms with Crippen LogP contribution in [0.2, 0.25) is 0 Å². The van der Waals surface area contributed by atoms with Gasteiger partial charge in [-0.05, 0) is 36.8 Å². The largest absolute Gasteiger partial charge is 0.365 e. The minimum absolute atomic E-state index is 0.0465. The molecular weight excluding hydrogens is 160 g/mol. The molecule has 1 aliphatic carbocycles. The number of benzene rings is 1. The fraction of sp³-hybridized carbons (Fsp3) is 0.500. The summed E-state index contributed by atoms with van der Waals surface area (Å²) in [6.45, 7) is 3.06. The molecule has 1 atom stereocenters. The summed E-state index contributed by atoms with van der Waals surface area (Å²) in [4.78, 5) is 0. The van der Waals surface area contributed by atoms with Crippen LogP contribution in [0, 0.1) is 0 Å². The Morgan fingerprint density at radius 1 is 1.38 bits per heavy atom. The van der Waals surface area contributed by atoms with Crippen LogP contribution >= 0.6 is 0 Å². The molecule has 1 aliphatic heterocycles. The van der Waals surface area contributed by atoms with Crippen LogP contribution < -0.4 is 0 Å². The topological polar surface area (TPSA) is 12.5 Å². The van der Waals surface area contributed by atoms with E-state index in [0.29, 0.717) is 0 Å². The lowest BCUT2D eigenvalue weighted by molar-refractivity contribution is 0.329. The highest BCUT2D eigenvalue weighted by atomic mass is 16.6. The first kappa shape index (κ1) is 7.57. The van der Waals surface area contributed by atoms with E-state index in [9.17, 15) is 0 Å². The highest BCUT2D eigenvalue weighted by Gasteiger charge is 2.41. The molecule has 0 aromatic heterocycles. The van der Waals surface area contributed by atoms with Crippen molar-refractivity contribution in [3.05, 3.63) is 35.4 Å². The van der Waals surface area contributed by atoms with E-state index in [4.69, 9.17) is 4.74 Å². The Bertz CT molecular complexity index is 335. The molecule has 1 heteroatoms. The monoisotopic (exact) mass is 174 g/mol. The van der Waals surface area contributed by atoms with Gasteiger partial charge in [0.05, 0.1) is 6.61 Å². The van der Waals surface area contributed by atoms with Crippen LogP contribution in [0.1, 0.15) is 36.8 Å². The lowest BCUT2D eigenvalue weighted by atomic mass is 9.98. The Morgan fingerprint density at radius 2 is 2.15 bits per heavy atom. The van der Waals surface area contributed by atoms with Gasteiger partial charge in [-0.15, -0.1) is 0 Å². The van der Waals surface area contributed by atoms with Crippen molar-refractivity contribution in [3.8, 4) is 0 Å². The zero-order valence-corrected chi connectivity index (χ0v) is 7.92. The summed E-state index contributed by atoms with van der Waals surface area (Å²) < 4.78 is 5.44. The molecule has 1 unspecified atom stereocenters. The van der Waals surface area contributed by atoms with Gasteiger partial charge in [-0.1, -0.05) is 24.3 Å². The summed E-state index contributed by atoms with van der Waals surface area (Å²) in [7, 11) is 0. The number of hydrogen-bond acceptors (Lipinski definition) is 1. The second kappa shape index (κ2) is 2.36. The maximum Gasteiger partial charge on any atom is 0.114 e. The van der Waals surface area contributed by atoms with Gasteiger partial charge in [0.2, 0.25) is 0 Å². The average Bonchev–Trinajstić information content (AvgIpc) is 2.99. The standard InChI is InChI=1S/C12H14O/c1-12(8-13-12)11-4-2-3-10(7-11)9-5-6-9/h2-4,7,9H,5-6,8H2,1H3. The van der Waals surface area contributed by atoms with Crippen molar-refractivity contribution in [1.82, 2.24) is 0 Å². The highest BCUT2D eigenvalue weighted by molar-refractivity contribution is 5.34. The lowest BCUT2D eigenvalue weighted by Crippen LogP contribution is -2.02. The predicted octanol–water partition coefficient (Wildman–Crippen LogP) is 2.81. The van der Waals surface area contributed by atoms with E-state index in [-0.39, 0.29) is 5.60 Å². The summed E-state index contributed by atoms with van der Waals surface area (Å²) in [6, 6.07) is 8.91. The van der Waals surface area contributed by atoms with Crippen molar-refractivity contribution in [2.45, 2.75) is 31.3 Å². The molecule has 0 amide bonds. The van der Waals surface area contributed by atoms with Crippen LogP contribution in [-0.4, -0.2) is 6.61 Å². The molecule has 1 saturated carbocycles. The molecule has 1 aromatic carbocycles. The molecule has 0 bridgehead atoms. The Kier molecular flexibility index (Phi) is 1.37. The maximum atomic E-state index is 5.44. The van der Waals surface area contributed by atoms with E-state index in [0.717, 1.165) is 12.5 Å². The number of ether oxygens (including phenoxy) is 1.